The summed E-state index contributed by atoms with van der Waals surface area (Å²) in [5, 5.41) is 12.3. The minimum atomic E-state index is -0.114. The Balaban J connectivity index is 1.96. The molecule has 106 valence electrons. The highest BCUT2D eigenvalue weighted by molar-refractivity contribution is 5.96. The lowest BCUT2D eigenvalue weighted by molar-refractivity contribution is 0.0952. The summed E-state index contributed by atoms with van der Waals surface area (Å²) < 4.78 is 5.45. The predicted molar refractivity (Wildman–Crippen MR) is 77.1 cm³/mol. The molecular formula is C16H19NO3. The normalized spacial score (nSPS) is 10.6. The Labute approximate surface area is 118 Å². The third-order valence-electron chi connectivity index (χ3n) is 3.40. The highest BCUT2D eigenvalue weighted by atomic mass is 16.3. The van der Waals surface area contributed by atoms with E-state index in [0.29, 0.717) is 24.3 Å². The van der Waals surface area contributed by atoms with E-state index in [0.717, 1.165) is 16.9 Å². The average molecular weight is 273 g/mol. The van der Waals surface area contributed by atoms with Gasteiger partial charge in [-0.2, -0.15) is 0 Å². The largest absolute Gasteiger partial charge is 0.508 e. The van der Waals surface area contributed by atoms with Crippen LogP contribution < -0.4 is 5.32 Å². The van der Waals surface area contributed by atoms with E-state index in [4.69, 9.17) is 4.42 Å². The Hall–Kier alpha value is -2.23. The molecule has 4 heteroatoms. The Morgan fingerprint density at radius 2 is 2.00 bits per heavy atom. The van der Waals surface area contributed by atoms with Crippen LogP contribution in [0.15, 0.2) is 28.7 Å². The second-order valence-electron chi connectivity index (χ2n) is 4.89. The maximum atomic E-state index is 12.1. The topological polar surface area (TPSA) is 62.5 Å². The number of furan rings is 1. The molecule has 2 N–H and O–H groups in total. The van der Waals surface area contributed by atoms with Crippen LogP contribution in [-0.4, -0.2) is 17.6 Å². The van der Waals surface area contributed by atoms with E-state index in [1.807, 2.05) is 19.9 Å². The fourth-order valence-corrected chi connectivity index (χ4v) is 2.25. The number of hydrogen-bond acceptors (Lipinski definition) is 3. The Kier molecular flexibility index (Phi) is 4.13. The number of phenols is 1. The number of carbonyl (C=O) groups excluding carboxylic acids is 1. The minimum Gasteiger partial charge on any atom is -0.508 e. The first-order valence-electron chi connectivity index (χ1n) is 6.61. The molecule has 0 spiro atoms. The number of aryl methyl sites for hydroxylation is 2. The van der Waals surface area contributed by atoms with Gasteiger partial charge in [0.05, 0.1) is 5.56 Å². The van der Waals surface area contributed by atoms with Crippen LogP contribution in [-0.2, 0) is 6.42 Å². The molecule has 0 atom stereocenters. The van der Waals surface area contributed by atoms with E-state index >= 15 is 0 Å². The van der Waals surface area contributed by atoms with Crippen molar-refractivity contribution >= 4 is 5.91 Å². The van der Waals surface area contributed by atoms with Crippen molar-refractivity contribution in [2.24, 2.45) is 0 Å². The number of nitrogens with one attached hydrogen (secondary N) is 1. The number of benzene rings is 1. The van der Waals surface area contributed by atoms with Gasteiger partial charge in [0.25, 0.3) is 5.91 Å². The van der Waals surface area contributed by atoms with Gasteiger partial charge in [-0.1, -0.05) is 12.1 Å². The van der Waals surface area contributed by atoms with Crippen LogP contribution in [0.5, 0.6) is 5.75 Å². The van der Waals surface area contributed by atoms with Crippen LogP contribution >= 0.6 is 0 Å². The highest BCUT2D eigenvalue weighted by Gasteiger charge is 2.17. The average Bonchev–Trinajstić information content (AvgIpc) is 2.63. The van der Waals surface area contributed by atoms with Gasteiger partial charge in [-0.05, 0) is 44.9 Å². The van der Waals surface area contributed by atoms with Gasteiger partial charge < -0.3 is 14.8 Å². The van der Waals surface area contributed by atoms with E-state index < -0.39 is 0 Å². The van der Waals surface area contributed by atoms with Crippen LogP contribution in [0.3, 0.4) is 0 Å². The second kappa shape index (κ2) is 5.82. The number of hydrogen-bond donors (Lipinski definition) is 2. The zero-order chi connectivity index (χ0) is 14.7. The van der Waals surface area contributed by atoms with E-state index in [2.05, 4.69) is 5.32 Å². The molecule has 0 aliphatic carbocycles. The third kappa shape index (κ3) is 3.02. The SMILES string of the molecule is Cc1oc(C)c(C(=O)NCCc2cccc(O)c2)c1C. The molecule has 0 unspecified atom stereocenters. The smallest absolute Gasteiger partial charge is 0.255 e. The van der Waals surface area contributed by atoms with Crippen molar-refractivity contribution in [1.82, 2.24) is 5.32 Å². The molecule has 0 fully saturated rings. The third-order valence-corrected chi connectivity index (χ3v) is 3.40. The Bertz CT molecular complexity index is 629. The van der Waals surface area contributed by atoms with Gasteiger partial charge >= 0.3 is 0 Å². The van der Waals surface area contributed by atoms with Crippen molar-refractivity contribution in [3.05, 3.63) is 52.5 Å². The fourth-order valence-electron chi connectivity index (χ4n) is 2.25. The van der Waals surface area contributed by atoms with Crippen LogP contribution in [0.4, 0.5) is 0 Å². The van der Waals surface area contributed by atoms with Gasteiger partial charge in [0.2, 0.25) is 0 Å². The van der Waals surface area contributed by atoms with Crippen LogP contribution in [0.25, 0.3) is 0 Å². The summed E-state index contributed by atoms with van der Waals surface area (Å²) in [5.41, 5.74) is 2.50. The molecule has 2 rings (SSSR count). The van der Waals surface area contributed by atoms with E-state index in [9.17, 15) is 9.90 Å². The molecule has 4 nitrogen and oxygen atoms in total. The molecule has 1 aromatic heterocycles. The molecule has 1 heterocycles. The highest BCUT2D eigenvalue weighted by Crippen LogP contribution is 2.20. The molecular weight excluding hydrogens is 254 g/mol. The van der Waals surface area contributed by atoms with Crippen molar-refractivity contribution in [3.63, 3.8) is 0 Å². The van der Waals surface area contributed by atoms with Crippen molar-refractivity contribution in [1.29, 1.82) is 0 Å². The number of aromatic hydroxyl groups is 1. The predicted octanol–water partition coefficient (Wildman–Crippen LogP) is 2.88. The quantitative estimate of drug-likeness (QED) is 0.900. The molecule has 0 bridgehead atoms. The first-order valence-corrected chi connectivity index (χ1v) is 6.61. The van der Waals surface area contributed by atoms with Crippen LogP contribution in [0, 0.1) is 20.8 Å². The van der Waals surface area contributed by atoms with Crippen molar-refractivity contribution in [3.8, 4) is 5.75 Å². The Morgan fingerprint density at radius 1 is 1.25 bits per heavy atom. The molecule has 0 saturated heterocycles. The van der Waals surface area contributed by atoms with E-state index in [1.165, 1.54) is 0 Å². The summed E-state index contributed by atoms with van der Waals surface area (Å²) in [7, 11) is 0. The summed E-state index contributed by atoms with van der Waals surface area (Å²) >= 11 is 0. The molecule has 0 aliphatic rings. The van der Waals surface area contributed by atoms with E-state index in [-0.39, 0.29) is 11.7 Å². The lowest BCUT2D eigenvalue weighted by atomic mass is 10.1. The van der Waals surface area contributed by atoms with Crippen LogP contribution in [0.1, 0.15) is 33.0 Å². The lowest BCUT2D eigenvalue weighted by Crippen LogP contribution is -2.26. The van der Waals surface area contributed by atoms with Crippen molar-refractivity contribution in [2.45, 2.75) is 27.2 Å². The summed E-state index contributed by atoms with van der Waals surface area (Å²) in [5.74, 6) is 1.55. The fraction of sp³-hybridized carbons (Fsp3) is 0.312. The standard InChI is InChI=1S/C16H19NO3/c1-10-11(2)20-12(3)15(10)16(19)17-8-7-13-5-4-6-14(18)9-13/h4-6,9,18H,7-8H2,1-3H3,(H,17,19). The van der Waals surface area contributed by atoms with E-state index in [1.54, 1.807) is 25.1 Å². The molecule has 0 radical (unpaired) electrons. The second-order valence-corrected chi connectivity index (χ2v) is 4.89. The van der Waals surface area contributed by atoms with Gasteiger partial charge in [0.1, 0.15) is 17.3 Å². The summed E-state index contributed by atoms with van der Waals surface area (Å²) in [4.78, 5) is 12.1. The molecule has 1 amide bonds. The monoisotopic (exact) mass is 273 g/mol. The van der Waals surface area contributed by atoms with Gasteiger partial charge in [-0.25, -0.2) is 0 Å². The van der Waals surface area contributed by atoms with Gasteiger partial charge in [-0.3, -0.25) is 4.79 Å². The minimum absolute atomic E-state index is 0.114. The molecule has 0 saturated carbocycles. The van der Waals surface area contributed by atoms with Gasteiger partial charge in [0, 0.05) is 12.1 Å². The van der Waals surface area contributed by atoms with Crippen LogP contribution in [0.2, 0.25) is 0 Å². The van der Waals surface area contributed by atoms with Crippen molar-refractivity contribution in [2.75, 3.05) is 6.54 Å². The zero-order valence-electron chi connectivity index (χ0n) is 12.0. The first kappa shape index (κ1) is 14.2. The lowest BCUT2D eigenvalue weighted by Gasteiger charge is -2.06. The van der Waals surface area contributed by atoms with Gasteiger partial charge in [0.15, 0.2) is 0 Å². The number of amides is 1. The summed E-state index contributed by atoms with van der Waals surface area (Å²) in [6.07, 6.45) is 0.676. The maximum Gasteiger partial charge on any atom is 0.255 e. The summed E-state index contributed by atoms with van der Waals surface area (Å²) in [6, 6.07) is 7.04. The molecule has 20 heavy (non-hydrogen) atoms. The molecule has 2 aromatic rings. The summed E-state index contributed by atoms with van der Waals surface area (Å²) in [6.45, 7) is 6.05. The molecule has 0 aliphatic heterocycles. The molecule has 1 aromatic carbocycles. The maximum absolute atomic E-state index is 12.1. The van der Waals surface area contributed by atoms with Crippen molar-refractivity contribution < 1.29 is 14.3 Å². The number of carbonyl (C=O) groups is 1. The number of rotatable bonds is 4. The number of phenolic OH excluding ortho intramolecular Hbond substituents is 1. The van der Waals surface area contributed by atoms with Gasteiger partial charge in [-0.15, -0.1) is 0 Å². The Morgan fingerprint density at radius 3 is 2.60 bits per heavy atom. The zero-order valence-corrected chi connectivity index (χ0v) is 12.0. The first-order chi connectivity index (χ1) is 9.49.